The summed E-state index contributed by atoms with van der Waals surface area (Å²) in [5.74, 6) is 6.73. The molecule has 2 fully saturated rings. The molecular weight excluding hydrogens is 544 g/mol. The zero-order valence-corrected chi connectivity index (χ0v) is 23.2. The van der Waals surface area contributed by atoms with Gasteiger partial charge in [-0.2, -0.15) is 0 Å². The van der Waals surface area contributed by atoms with E-state index in [2.05, 4.69) is 26.8 Å². The van der Waals surface area contributed by atoms with Gasteiger partial charge in [0.05, 0.1) is 32.8 Å². The number of anilines is 1. The zero-order valence-electron chi connectivity index (χ0n) is 23.2. The maximum Gasteiger partial charge on any atom is 0.409 e. The molecule has 0 radical (unpaired) electrons. The monoisotopic (exact) mass is 580 g/mol. The van der Waals surface area contributed by atoms with Crippen LogP contribution in [0.15, 0.2) is 36.7 Å². The van der Waals surface area contributed by atoms with Crippen LogP contribution in [0.4, 0.5) is 10.6 Å². The van der Waals surface area contributed by atoms with Gasteiger partial charge in [-0.25, -0.2) is 19.7 Å². The molecule has 42 heavy (non-hydrogen) atoms. The number of carbonyl (C=O) groups is 1. The maximum absolute atomic E-state index is 12.4. The number of likely N-dealkylation sites (tertiary alicyclic amines) is 1. The number of carbonyl (C=O) groups excluding carboxylic acids is 1. The number of imidazole rings is 1. The van der Waals surface area contributed by atoms with E-state index in [-0.39, 0.29) is 17.7 Å². The number of rotatable bonds is 9. The van der Waals surface area contributed by atoms with Crippen LogP contribution in [0.1, 0.15) is 43.3 Å². The molecule has 4 heterocycles. The molecule has 224 valence electrons. The van der Waals surface area contributed by atoms with Crippen LogP contribution in [0, 0.1) is 17.8 Å². The maximum atomic E-state index is 12.4. The van der Waals surface area contributed by atoms with Gasteiger partial charge in [0.25, 0.3) is 0 Å². The highest BCUT2D eigenvalue weighted by atomic mass is 16.6. The average molecular weight is 581 g/mol. The number of amides is 1. The highest BCUT2D eigenvalue weighted by Gasteiger charge is 2.44. The van der Waals surface area contributed by atoms with Gasteiger partial charge in [0.2, 0.25) is 5.82 Å². The first-order chi connectivity index (χ1) is 20.4. The van der Waals surface area contributed by atoms with Crippen molar-refractivity contribution in [2.24, 2.45) is 5.92 Å². The molecule has 13 heteroatoms. The van der Waals surface area contributed by atoms with Gasteiger partial charge in [-0.1, -0.05) is 36.3 Å². The number of aliphatic hydroxyl groups is 3. The third-order valence-electron chi connectivity index (χ3n) is 7.47. The Labute approximate surface area is 243 Å². The number of aliphatic hydroxyl groups excluding tert-OH is 3. The Bertz CT molecular complexity index is 1400. The number of ether oxygens (including phenoxy) is 3. The summed E-state index contributed by atoms with van der Waals surface area (Å²) in [5.41, 5.74) is 7.81. The van der Waals surface area contributed by atoms with Gasteiger partial charge in [0.1, 0.15) is 23.8 Å². The molecule has 1 aromatic carbocycles. The number of fused-ring (bicyclic) bond motifs is 1. The second-order valence-corrected chi connectivity index (χ2v) is 10.4. The molecule has 0 spiro atoms. The first kappa shape index (κ1) is 29.7. The predicted octanol–water partition coefficient (Wildman–Crippen LogP) is 1.22. The van der Waals surface area contributed by atoms with E-state index >= 15 is 0 Å². The predicted molar refractivity (Wildman–Crippen MR) is 151 cm³/mol. The van der Waals surface area contributed by atoms with Crippen molar-refractivity contribution in [1.29, 1.82) is 0 Å². The molecule has 0 aliphatic carbocycles. The summed E-state index contributed by atoms with van der Waals surface area (Å²) < 4.78 is 18.1. The highest BCUT2D eigenvalue weighted by molar-refractivity contribution is 5.82. The molecule has 0 saturated carbocycles. The van der Waals surface area contributed by atoms with Crippen LogP contribution in [-0.4, -0.2) is 97.1 Å². The van der Waals surface area contributed by atoms with Gasteiger partial charge in [0.15, 0.2) is 17.7 Å². The van der Waals surface area contributed by atoms with Crippen LogP contribution < -0.4 is 5.73 Å². The minimum absolute atomic E-state index is 0.129. The molecule has 0 unspecified atom stereocenters. The summed E-state index contributed by atoms with van der Waals surface area (Å²) in [6, 6.07) is 9.93. The minimum Gasteiger partial charge on any atom is -0.449 e. The molecule has 2 aromatic heterocycles. The second-order valence-electron chi connectivity index (χ2n) is 10.4. The van der Waals surface area contributed by atoms with E-state index in [0.717, 1.165) is 18.4 Å². The fourth-order valence-corrected chi connectivity index (χ4v) is 5.06. The first-order valence-electron chi connectivity index (χ1n) is 14.1. The second kappa shape index (κ2) is 13.9. The van der Waals surface area contributed by atoms with E-state index in [0.29, 0.717) is 62.8 Å². The van der Waals surface area contributed by atoms with Gasteiger partial charge < -0.3 is 40.2 Å². The number of nitrogen functional groups attached to an aromatic ring is 1. The van der Waals surface area contributed by atoms with Crippen molar-refractivity contribution in [2.75, 3.05) is 38.6 Å². The van der Waals surface area contributed by atoms with Crippen LogP contribution in [0.5, 0.6) is 0 Å². The van der Waals surface area contributed by atoms with Crippen LogP contribution in [-0.2, 0) is 20.8 Å². The summed E-state index contributed by atoms with van der Waals surface area (Å²) >= 11 is 0. The van der Waals surface area contributed by atoms with E-state index in [4.69, 9.17) is 19.9 Å². The van der Waals surface area contributed by atoms with Crippen molar-refractivity contribution in [3.63, 3.8) is 0 Å². The molecule has 2 aliphatic heterocycles. The SMILES string of the molecule is Nc1nc(C#CCC2CCN(C(=O)OCCCOCc3ccccc3)CC2)nc2c1ncn2[C@@H]1O[C@H](CO)[C@@H](O)[C@H]1O. The summed E-state index contributed by atoms with van der Waals surface area (Å²) in [4.78, 5) is 27.0. The van der Waals surface area contributed by atoms with E-state index in [1.54, 1.807) is 4.90 Å². The molecule has 3 aromatic rings. The van der Waals surface area contributed by atoms with Crippen molar-refractivity contribution in [2.45, 2.75) is 56.8 Å². The van der Waals surface area contributed by atoms with Gasteiger partial charge in [0, 0.05) is 25.9 Å². The number of piperidine rings is 1. The summed E-state index contributed by atoms with van der Waals surface area (Å²) in [5, 5.41) is 29.9. The standard InChI is InChI=1S/C29H36N6O7/c30-26-23-27(35(18-31-23)28-25(38)24(37)21(16-36)42-28)33-22(32-26)9-4-8-19-10-12-34(13-11-19)29(39)41-15-5-14-40-17-20-6-2-1-3-7-20/h1-3,6-7,18-19,21,24-25,28,36-38H,5,8,10-17H2,(H2,30,32,33)/t21-,24-,25-,28-/m1/s1. The van der Waals surface area contributed by atoms with Crippen LogP contribution in [0.3, 0.4) is 0 Å². The average Bonchev–Trinajstić information content (AvgIpc) is 3.56. The van der Waals surface area contributed by atoms with Gasteiger partial charge in [-0.3, -0.25) is 4.57 Å². The van der Waals surface area contributed by atoms with Gasteiger partial charge >= 0.3 is 6.09 Å². The Kier molecular flexibility index (Phi) is 9.83. The van der Waals surface area contributed by atoms with Crippen molar-refractivity contribution in [3.05, 3.63) is 48.0 Å². The van der Waals surface area contributed by atoms with Gasteiger partial charge in [-0.15, -0.1) is 0 Å². The van der Waals surface area contributed by atoms with Crippen molar-refractivity contribution >= 4 is 23.1 Å². The Morgan fingerprint density at radius 1 is 1.12 bits per heavy atom. The molecule has 1 amide bonds. The number of nitrogens with two attached hydrogens (primary N) is 1. The lowest BCUT2D eigenvalue weighted by atomic mass is 9.94. The number of aromatic nitrogens is 4. The topological polar surface area (TPSA) is 178 Å². The zero-order chi connectivity index (χ0) is 29.5. The quantitative estimate of drug-likeness (QED) is 0.211. The molecule has 5 rings (SSSR count). The summed E-state index contributed by atoms with van der Waals surface area (Å²) in [7, 11) is 0. The molecule has 0 bridgehead atoms. The lowest BCUT2D eigenvalue weighted by molar-refractivity contribution is -0.0511. The molecule has 5 N–H and O–H groups in total. The number of hydrogen-bond acceptors (Lipinski definition) is 11. The Hall–Kier alpha value is -3.80. The Balaban J connectivity index is 1.07. The molecule has 2 aliphatic rings. The molecule has 13 nitrogen and oxygen atoms in total. The summed E-state index contributed by atoms with van der Waals surface area (Å²) in [6.07, 6.45) is -0.506. The van der Waals surface area contributed by atoms with Crippen molar-refractivity contribution in [1.82, 2.24) is 24.4 Å². The fourth-order valence-electron chi connectivity index (χ4n) is 5.06. The third kappa shape index (κ3) is 6.97. The smallest absolute Gasteiger partial charge is 0.409 e. The largest absolute Gasteiger partial charge is 0.449 e. The van der Waals surface area contributed by atoms with Crippen LogP contribution in [0.25, 0.3) is 11.2 Å². The minimum atomic E-state index is -1.28. The number of benzene rings is 1. The van der Waals surface area contributed by atoms with E-state index in [1.165, 1.54) is 10.9 Å². The molecule has 2 saturated heterocycles. The number of hydrogen-bond donors (Lipinski definition) is 4. The van der Waals surface area contributed by atoms with Crippen molar-refractivity contribution < 1.29 is 34.3 Å². The van der Waals surface area contributed by atoms with E-state index < -0.39 is 31.1 Å². The normalized spacial score (nSPS) is 22.7. The summed E-state index contributed by atoms with van der Waals surface area (Å²) in [6.45, 7) is 2.15. The fraction of sp³-hybridized carbons (Fsp3) is 0.517. The van der Waals surface area contributed by atoms with Gasteiger partial charge in [-0.05, 0) is 30.2 Å². The Morgan fingerprint density at radius 3 is 2.64 bits per heavy atom. The molecular formula is C29H36N6O7. The van der Waals surface area contributed by atoms with Crippen LogP contribution in [0.2, 0.25) is 0 Å². The lowest BCUT2D eigenvalue weighted by Gasteiger charge is -2.30. The van der Waals surface area contributed by atoms with Crippen LogP contribution >= 0.6 is 0 Å². The highest BCUT2D eigenvalue weighted by Crippen LogP contribution is 2.32. The lowest BCUT2D eigenvalue weighted by Crippen LogP contribution is -2.38. The first-order valence-corrected chi connectivity index (χ1v) is 14.1. The van der Waals surface area contributed by atoms with E-state index in [9.17, 15) is 20.1 Å². The number of nitrogens with zero attached hydrogens (tertiary/aromatic N) is 5. The Morgan fingerprint density at radius 2 is 1.90 bits per heavy atom. The van der Waals surface area contributed by atoms with Crippen molar-refractivity contribution in [3.8, 4) is 11.8 Å². The van der Waals surface area contributed by atoms with E-state index in [1.807, 2.05) is 30.3 Å². The molecule has 4 atom stereocenters. The third-order valence-corrected chi connectivity index (χ3v) is 7.47.